The van der Waals surface area contributed by atoms with Crippen molar-refractivity contribution < 1.29 is 9.90 Å². The average molecular weight is 228 g/mol. The second-order valence-corrected chi connectivity index (χ2v) is 3.56. The third-order valence-corrected chi connectivity index (χ3v) is 2.45. The zero-order valence-corrected chi connectivity index (χ0v) is 9.37. The third-order valence-electron chi connectivity index (χ3n) is 2.21. The maximum atomic E-state index is 10.8. The Hall–Kier alpha value is -1.06. The van der Waals surface area contributed by atoms with Gasteiger partial charge in [-0.05, 0) is 25.1 Å². The van der Waals surface area contributed by atoms with Crippen LogP contribution in [-0.2, 0) is 0 Å². The lowest BCUT2D eigenvalue weighted by Crippen LogP contribution is -2.27. The van der Waals surface area contributed by atoms with E-state index < -0.39 is 0 Å². The van der Waals surface area contributed by atoms with E-state index in [0.717, 1.165) is 18.5 Å². The standard InChI is InChI=1S/C11H14ClNO2/c1-2-13(5-6-14)11-7-10(12)4-3-9(11)8-15/h3-4,7-8,14H,2,5-6H2,1H3. The summed E-state index contributed by atoms with van der Waals surface area (Å²) in [6, 6.07) is 5.11. The molecule has 0 aliphatic heterocycles. The largest absolute Gasteiger partial charge is 0.395 e. The SMILES string of the molecule is CCN(CCO)c1cc(Cl)ccc1C=O. The van der Waals surface area contributed by atoms with Crippen molar-refractivity contribution in [2.45, 2.75) is 6.92 Å². The van der Waals surface area contributed by atoms with Crippen molar-refractivity contribution in [3.8, 4) is 0 Å². The predicted molar refractivity (Wildman–Crippen MR) is 61.8 cm³/mol. The normalized spacial score (nSPS) is 10.1. The van der Waals surface area contributed by atoms with Crippen molar-refractivity contribution in [1.82, 2.24) is 0 Å². The minimum absolute atomic E-state index is 0.0542. The molecule has 0 bridgehead atoms. The smallest absolute Gasteiger partial charge is 0.152 e. The van der Waals surface area contributed by atoms with Gasteiger partial charge in [-0.1, -0.05) is 11.6 Å². The first-order valence-electron chi connectivity index (χ1n) is 4.83. The van der Waals surface area contributed by atoms with Crippen LogP contribution in [0.25, 0.3) is 0 Å². The van der Waals surface area contributed by atoms with Crippen molar-refractivity contribution in [1.29, 1.82) is 0 Å². The number of nitrogens with zero attached hydrogens (tertiary/aromatic N) is 1. The highest BCUT2D eigenvalue weighted by Crippen LogP contribution is 2.23. The molecule has 0 aliphatic carbocycles. The molecule has 82 valence electrons. The molecule has 0 amide bonds. The molecule has 1 N–H and O–H groups in total. The molecule has 0 aromatic heterocycles. The van der Waals surface area contributed by atoms with Crippen molar-refractivity contribution in [2.24, 2.45) is 0 Å². The molecule has 0 aliphatic rings. The van der Waals surface area contributed by atoms with E-state index >= 15 is 0 Å². The molecule has 0 unspecified atom stereocenters. The van der Waals surface area contributed by atoms with Gasteiger partial charge in [0.1, 0.15) is 0 Å². The lowest BCUT2D eigenvalue weighted by atomic mass is 10.1. The monoisotopic (exact) mass is 227 g/mol. The maximum absolute atomic E-state index is 10.8. The van der Waals surface area contributed by atoms with Crippen LogP contribution in [0.2, 0.25) is 5.02 Å². The molecule has 0 heterocycles. The number of carbonyl (C=O) groups excluding carboxylic acids is 1. The average Bonchev–Trinajstić information content (AvgIpc) is 2.26. The fourth-order valence-electron chi connectivity index (χ4n) is 1.46. The van der Waals surface area contributed by atoms with Gasteiger partial charge in [-0.15, -0.1) is 0 Å². The number of likely N-dealkylation sites (N-methyl/N-ethyl adjacent to an activating group) is 1. The van der Waals surface area contributed by atoms with Gasteiger partial charge in [0.25, 0.3) is 0 Å². The van der Waals surface area contributed by atoms with Crippen LogP contribution in [-0.4, -0.2) is 31.1 Å². The highest BCUT2D eigenvalue weighted by Gasteiger charge is 2.09. The van der Waals surface area contributed by atoms with Crippen LogP contribution in [0.1, 0.15) is 17.3 Å². The predicted octanol–water partition coefficient (Wildman–Crippen LogP) is 1.97. The van der Waals surface area contributed by atoms with E-state index in [1.54, 1.807) is 18.2 Å². The summed E-state index contributed by atoms with van der Waals surface area (Å²) in [6.45, 7) is 3.24. The summed E-state index contributed by atoms with van der Waals surface area (Å²) in [5.74, 6) is 0. The van der Waals surface area contributed by atoms with Gasteiger partial charge in [-0.2, -0.15) is 0 Å². The second-order valence-electron chi connectivity index (χ2n) is 3.12. The van der Waals surface area contributed by atoms with E-state index in [-0.39, 0.29) is 6.61 Å². The fraction of sp³-hybridized carbons (Fsp3) is 0.364. The van der Waals surface area contributed by atoms with Gasteiger partial charge in [0.15, 0.2) is 6.29 Å². The van der Waals surface area contributed by atoms with Crippen LogP contribution >= 0.6 is 11.6 Å². The number of aliphatic hydroxyl groups excluding tert-OH is 1. The molecule has 1 aromatic carbocycles. The lowest BCUT2D eigenvalue weighted by molar-refractivity contribution is 0.112. The number of carbonyl (C=O) groups is 1. The highest BCUT2D eigenvalue weighted by atomic mass is 35.5. The van der Waals surface area contributed by atoms with Crippen molar-refractivity contribution in [3.05, 3.63) is 28.8 Å². The Balaban J connectivity index is 3.07. The number of anilines is 1. The number of hydrogen-bond acceptors (Lipinski definition) is 3. The summed E-state index contributed by atoms with van der Waals surface area (Å²) in [6.07, 6.45) is 0.797. The lowest BCUT2D eigenvalue weighted by Gasteiger charge is -2.23. The fourth-order valence-corrected chi connectivity index (χ4v) is 1.63. The number of benzene rings is 1. The molecule has 0 fully saturated rings. The summed E-state index contributed by atoms with van der Waals surface area (Å²) in [5.41, 5.74) is 1.36. The van der Waals surface area contributed by atoms with E-state index in [1.165, 1.54) is 0 Å². The Labute approximate surface area is 94.3 Å². The van der Waals surface area contributed by atoms with Gasteiger partial charge in [0, 0.05) is 29.4 Å². The topological polar surface area (TPSA) is 40.5 Å². The molecule has 4 heteroatoms. The molecular formula is C11H14ClNO2. The number of halogens is 1. The van der Waals surface area contributed by atoms with Crippen LogP contribution in [0.5, 0.6) is 0 Å². The van der Waals surface area contributed by atoms with Crippen LogP contribution in [0.15, 0.2) is 18.2 Å². The summed E-state index contributed by atoms with van der Waals surface area (Å²) < 4.78 is 0. The zero-order valence-electron chi connectivity index (χ0n) is 8.61. The molecule has 15 heavy (non-hydrogen) atoms. The van der Waals surface area contributed by atoms with Gasteiger partial charge in [0.05, 0.1) is 6.61 Å². The Kier molecular flexibility index (Phi) is 4.59. The van der Waals surface area contributed by atoms with Crippen molar-refractivity contribution in [2.75, 3.05) is 24.6 Å². The van der Waals surface area contributed by atoms with E-state index in [9.17, 15) is 4.79 Å². The van der Waals surface area contributed by atoms with Crippen LogP contribution in [0, 0.1) is 0 Å². The first-order valence-corrected chi connectivity index (χ1v) is 5.21. The van der Waals surface area contributed by atoms with Gasteiger partial charge in [-0.3, -0.25) is 4.79 Å². The van der Waals surface area contributed by atoms with Crippen molar-refractivity contribution in [3.63, 3.8) is 0 Å². The van der Waals surface area contributed by atoms with E-state index in [2.05, 4.69) is 0 Å². The van der Waals surface area contributed by atoms with Gasteiger partial charge < -0.3 is 10.0 Å². The Morgan fingerprint density at radius 3 is 2.80 bits per heavy atom. The molecule has 0 atom stereocenters. The maximum Gasteiger partial charge on any atom is 0.152 e. The van der Waals surface area contributed by atoms with Crippen LogP contribution in [0.3, 0.4) is 0 Å². The van der Waals surface area contributed by atoms with Gasteiger partial charge >= 0.3 is 0 Å². The summed E-state index contributed by atoms with van der Waals surface area (Å²) in [7, 11) is 0. The number of hydrogen-bond donors (Lipinski definition) is 1. The first kappa shape index (κ1) is 12.0. The van der Waals surface area contributed by atoms with E-state index in [1.807, 2.05) is 11.8 Å². The molecule has 1 aromatic rings. The molecule has 0 saturated heterocycles. The summed E-state index contributed by atoms with van der Waals surface area (Å²) in [5, 5.41) is 9.49. The van der Waals surface area contributed by atoms with Crippen LogP contribution in [0.4, 0.5) is 5.69 Å². The molecule has 1 rings (SSSR count). The van der Waals surface area contributed by atoms with Crippen LogP contribution < -0.4 is 4.90 Å². The van der Waals surface area contributed by atoms with Crippen molar-refractivity contribution >= 4 is 23.6 Å². The Bertz CT molecular complexity index is 341. The summed E-state index contributed by atoms with van der Waals surface area (Å²) in [4.78, 5) is 12.7. The Morgan fingerprint density at radius 2 is 2.27 bits per heavy atom. The number of aldehydes is 1. The molecule has 0 saturated carbocycles. The quantitative estimate of drug-likeness (QED) is 0.782. The van der Waals surface area contributed by atoms with E-state index in [4.69, 9.17) is 16.7 Å². The van der Waals surface area contributed by atoms with Gasteiger partial charge in [0.2, 0.25) is 0 Å². The number of rotatable bonds is 5. The third kappa shape index (κ3) is 2.94. The minimum atomic E-state index is 0.0542. The molecule has 0 radical (unpaired) electrons. The minimum Gasteiger partial charge on any atom is -0.395 e. The Morgan fingerprint density at radius 1 is 1.53 bits per heavy atom. The molecule has 3 nitrogen and oxygen atoms in total. The highest BCUT2D eigenvalue weighted by molar-refractivity contribution is 6.31. The first-order chi connectivity index (χ1) is 7.22. The molecular weight excluding hydrogens is 214 g/mol. The molecule has 0 spiro atoms. The summed E-state index contributed by atoms with van der Waals surface area (Å²) >= 11 is 5.87. The number of aliphatic hydroxyl groups is 1. The van der Waals surface area contributed by atoms with E-state index in [0.29, 0.717) is 17.1 Å². The second kappa shape index (κ2) is 5.73. The van der Waals surface area contributed by atoms with Gasteiger partial charge in [-0.25, -0.2) is 0 Å². The zero-order chi connectivity index (χ0) is 11.3.